The molecule has 0 saturated carbocycles. The Kier molecular flexibility index (Phi) is 7.93. The number of furan rings is 1. The van der Waals surface area contributed by atoms with Crippen LogP contribution in [0.3, 0.4) is 0 Å². The van der Waals surface area contributed by atoms with Gasteiger partial charge in [-0.3, -0.25) is 4.72 Å². The van der Waals surface area contributed by atoms with Crippen LogP contribution in [0, 0.1) is 13.8 Å². The second kappa shape index (κ2) is 11.8. The summed E-state index contributed by atoms with van der Waals surface area (Å²) in [5.74, 6) is 0.0147. The van der Waals surface area contributed by atoms with Gasteiger partial charge < -0.3 is 4.42 Å². The minimum atomic E-state index is -4.13. The van der Waals surface area contributed by atoms with Crippen LogP contribution in [-0.2, 0) is 24.7 Å². The molecule has 2 N–H and O–H groups in total. The summed E-state index contributed by atoms with van der Waals surface area (Å²) in [6, 6.07) is 37.7. The van der Waals surface area contributed by atoms with Crippen LogP contribution in [0.2, 0.25) is 0 Å². The number of anilines is 1. The van der Waals surface area contributed by atoms with Gasteiger partial charge in [-0.15, -0.1) is 4.89 Å². The Labute approximate surface area is 256 Å². The van der Waals surface area contributed by atoms with Crippen LogP contribution in [0.25, 0.3) is 22.1 Å². The molecule has 2 atom stereocenters. The van der Waals surface area contributed by atoms with Crippen molar-refractivity contribution in [1.82, 2.24) is 0 Å². The third-order valence-electron chi connectivity index (χ3n) is 7.61. The summed E-state index contributed by atoms with van der Waals surface area (Å²) < 4.78 is 55.7. The van der Waals surface area contributed by atoms with Gasteiger partial charge in [0.25, 0.3) is 10.0 Å². The van der Waals surface area contributed by atoms with E-state index in [0.717, 1.165) is 22.3 Å². The molecule has 9 heteroatoms. The first kappa shape index (κ1) is 29.5. The van der Waals surface area contributed by atoms with E-state index in [1.165, 1.54) is 12.1 Å². The molecule has 1 aromatic heterocycles. The van der Waals surface area contributed by atoms with Crippen molar-refractivity contribution >= 4 is 34.9 Å². The van der Waals surface area contributed by atoms with Gasteiger partial charge in [-0.25, -0.2) is 8.42 Å². The molecule has 7 nitrogen and oxygen atoms in total. The van der Waals surface area contributed by atoms with Crippen LogP contribution in [0.5, 0.6) is 0 Å². The zero-order valence-electron chi connectivity index (χ0n) is 24.0. The Balaban J connectivity index is 1.68. The minimum Gasteiger partial charge on any atom is -0.455 e. The van der Waals surface area contributed by atoms with Gasteiger partial charge in [0.1, 0.15) is 11.3 Å². The zero-order chi connectivity index (χ0) is 30.9. The molecule has 1 heterocycles. The van der Waals surface area contributed by atoms with E-state index in [0.29, 0.717) is 22.1 Å². The van der Waals surface area contributed by atoms with Crippen LogP contribution >= 0.6 is 8.25 Å². The van der Waals surface area contributed by atoms with Crippen LogP contribution < -0.4 is 4.72 Å². The number of benzene rings is 5. The lowest BCUT2D eigenvalue weighted by atomic mass is 9.81. The van der Waals surface area contributed by atoms with Crippen molar-refractivity contribution in [2.45, 2.75) is 24.3 Å². The average molecular weight is 623 g/mol. The fourth-order valence-electron chi connectivity index (χ4n) is 5.44. The van der Waals surface area contributed by atoms with E-state index in [1.807, 2.05) is 62.4 Å². The number of fused-ring (bicyclic) bond motifs is 1. The molecule has 6 aromatic rings. The van der Waals surface area contributed by atoms with Crippen molar-refractivity contribution in [3.63, 3.8) is 0 Å². The molecule has 5 aromatic carbocycles. The third kappa shape index (κ3) is 5.45. The first-order chi connectivity index (χ1) is 21.2. The largest absolute Gasteiger partial charge is 0.696 e. The topological polar surface area (TPSA) is 106 Å². The van der Waals surface area contributed by atoms with E-state index >= 15 is 0 Å². The highest BCUT2D eigenvalue weighted by molar-refractivity contribution is 7.92. The number of aryl methyl sites for hydroxylation is 2. The second-order valence-corrected chi connectivity index (χ2v) is 12.8. The summed E-state index contributed by atoms with van der Waals surface area (Å²) in [5.41, 5.74) is 3.27. The molecule has 0 fully saturated rings. The lowest BCUT2D eigenvalue weighted by Crippen LogP contribution is -2.32. The predicted molar refractivity (Wildman–Crippen MR) is 172 cm³/mol. The lowest BCUT2D eigenvalue weighted by molar-refractivity contribution is 0.123. The SMILES string of the molecule is Cc1ccc(S(=O)(=O)Nc2c(C(O[P+](=O)O)(c3ccccc3)c3ccc(C)c(-c4ccccc4)c3)oc3ccccc23)cc1. The highest BCUT2D eigenvalue weighted by Gasteiger charge is 2.51. The van der Waals surface area contributed by atoms with Crippen LogP contribution in [-0.4, -0.2) is 13.3 Å². The number of rotatable bonds is 9. The number of nitrogens with one attached hydrogen (secondary N) is 1. The summed E-state index contributed by atoms with van der Waals surface area (Å²) in [5, 5.41) is 0.464. The van der Waals surface area contributed by atoms with Gasteiger partial charge in [-0.2, -0.15) is 0 Å². The highest BCUT2D eigenvalue weighted by Crippen LogP contribution is 2.52. The molecule has 44 heavy (non-hydrogen) atoms. The Morgan fingerprint density at radius 1 is 0.773 bits per heavy atom. The Morgan fingerprint density at radius 2 is 1.41 bits per heavy atom. The zero-order valence-corrected chi connectivity index (χ0v) is 25.7. The molecule has 0 radical (unpaired) electrons. The summed E-state index contributed by atoms with van der Waals surface area (Å²) in [6.07, 6.45) is 0. The number of para-hydroxylation sites is 1. The first-order valence-electron chi connectivity index (χ1n) is 13.9. The van der Waals surface area contributed by atoms with E-state index in [9.17, 15) is 17.9 Å². The molecule has 6 rings (SSSR count). The van der Waals surface area contributed by atoms with Crippen LogP contribution in [0.1, 0.15) is 28.0 Å². The number of hydrogen-bond acceptors (Lipinski definition) is 5. The maximum atomic E-state index is 13.8. The fourth-order valence-corrected chi connectivity index (χ4v) is 7.05. The molecule has 0 bridgehead atoms. The van der Waals surface area contributed by atoms with Gasteiger partial charge in [-0.1, -0.05) is 107 Å². The molecule has 220 valence electrons. The van der Waals surface area contributed by atoms with Gasteiger partial charge in [0, 0.05) is 21.1 Å². The molecule has 0 aliphatic rings. The summed E-state index contributed by atoms with van der Waals surface area (Å²) in [7, 11) is -7.37. The van der Waals surface area contributed by atoms with Crippen LogP contribution in [0.15, 0.2) is 137 Å². The quantitative estimate of drug-likeness (QED) is 0.157. The van der Waals surface area contributed by atoms with Crippen molar-refractivity contribution in [3.05, 3.63) is 155 Å². The molecule has 0 aliphatic heterocycles. The monoisotopic (exact) mass is 622 g/mol. The Morgan fingerprint density at radius 3 is 2.09 bits per heavy atom. The summed E-state index contributed by atoms with van der Waals surface area (Å²) in [6.45, 7) is 3.85. The van der Waals surface area contributed by atoms with E-state index in [2.05, 4.69) is 4.72 Å². The van der Waals surface area contributed by atoms with Crippen molar-refractivity contribution in [2.75, 3.05) is 4.72 Å². The summed E-state index contributed by atoms with van der Waals surface area (Å²) in [4.78, 5) is 10.5. The predicted octanol–water partition coefficient (Wildman–Crippen LogP) is 8.48. The van der Waals surface area contributed by atoms with Crippen molar-refractivity contribution in [2.24, 2.45) is 0 Å². The van der Waals surface area contributed by atoms with Gasteiger partial charge in [0.15, 0.2) is 5.76 Å². The van der Waals surface area contributed by atoms with E-state index in [-0.39, 0.29) is 16.3 Å². The standard InChI is InChI=1S/C35H28NO6PS/c1-24-17-21-29(22-18-24)44(39,40)36-33-30-15-9-10-16-32(30)41-34(33)35(42-43(37)38,27-13-7-4-8-14-27)28-20-19-25(2)31(23-28)26-11-5-3-6-12-26/h3-23,36H,1-2H3/p+1. The fraction of sp³-hybridized carbons (Fsp3) is 0.0857. The Bertz CT molecular complexity index is 2080. The van der Waals surface area contributed by atoms with E-state index in [4.69, 9.17) is 8.94 Å². The molecular weight excluding hydrogens is 593 g/mol. The third-order valence-corrected chi connectivity index (χ3v) is 9.40. The van der Waals surface area contributed by atoms with E-state index < -0.39 is 23.9 Å². The molecule has 0 spiro atoms. The second-order valence-electron chi connectivity index (χ2n) is 10.5. The van der Waals surface area contributed by atoms with Gasteiger partial charge in [0.05, 0.1) is 4.90 Å². The first-order valence-corrected chi connectivity index (χ1v) is 16.5. The van der Waals surface area contributed by atoms with Gasteiger partial charge in [0.2, 0.25) is 5.60 Å². The van der Waals surface area contributed by atoms with Crippen molar-refractivity contribution < 1.29 is 26.8 Å². The molecule has 0 saturated heterocycles. The van der Waals surface area contributed by atoms with Crippen molar-refractivity contribution in [3.8, 4) is 11.1 Å². The lowest BCUT2D eigenvalue weighted by Gasteiger charge is -2.29. The summed E-state index contributed by atoms with van der Waals surface area (Å²) >= 11 is 0. The number of sulfonamides is 1. The Hall–Kier alpha value is -4.59. The van der Waals surface area contributed by atoms with Crippen LogP contribution in [0.4, 0.5) is 5.69 Å². The van der Waals surface area contributed by atoms with Gasteiger partial charge in [-0.05, 0) is 60.9 Å². The highest BCUT2D eigenvalue weighted by atomic mass is 32.2. The molecule has 0 amide bonds. The maximum absolute atomic E-state index is 13.8. The smallest absolute Gasteiger partial charge is 0.455 e. The maximum Gasteiger partial charge on any atom is 0.696 e. The van der Waals surface area contributed by atoms with E-state index in [1.54, 1.807) is 66.7 Å². The van der Waals surface area contributed by atoms with Crippen molar-refractivity contribution in [1.29, 1.82) is 0 Å². The molecular formula is C35H29NO6PS+. The normalized spacial score (nSPS) is 13.4. The number of hydrogen-bond donors (Lipinski definition) is 2. The molecule has 2 unspecified atom stereocenters. The average Bonchev–Trinajstić information content (AvgIpc) is 3.39. The van der Waals surface area contributed by atoms with Gasteiger partial charge >= 0.3 is 8.25 Å². The minimum absolute atomic E-state index is 0.0147. The molecule has 0 aliphatic carbocycles.